The predicted molar refractivity (Wildman–Crippen MR) is 155 cm³/mol. The van der Waals surface area contributed by atoms with E-state index in [9.17, 15) is 19.1 Å². The number of aromatic nitrogens is 1. The molecule has 1 unspecified atom stereocenters. The SMILES string of the molecule is O=C1C(=O)N(c2nc3ccc(F)cc3s2)C(c2cccc(Oc3ccccc3)c2)/C1=C(\O)c1ccc2c(c1)OCCO2. The fourth-order valence-electron chi connectivity index (χ4n) is 5.05. The molecule has 7 rings (SSSR count). The molecule has 1 aromatic heterocycles. The molecule has 0 radical (unpaired) electrons. The summed E-state index contributed by atoms with van der Waals surface area (Å²) in [4.78, 5) is 33.1. The van der Waals surface area contributed by atoms with Crippen LogP contribution >= 0.6 is 11.3 Å². The Bertz CT molecular complexity index is 1900. The number of carbonyl (C=O) groups excluding carboxylic acids is 2. The summed E-state index contributed by atoms with van der Waals surface area (Å²) in [5, 5.41) is 11.8. The lowest BCUT2D eigenvalue weighted by Crippen LogP contribution is -2.29. The molecule has 0 saturated carbocycles. The molecular weight excluding hydrogens is 559 g/mol. The van der Waals surface area contributed by atoms with Crippen LogP contribution in [0.3, 0.4) is 0 Å². The quantitative estimate of drug-likeness (QED) is 0.142. The van der Waals surface area contributed by atoms with Crippen LogP contribution < -0.4 is 19.1 Å². The third kappa shape index (κ3) is 4.51. The molecule has 3 heterocycles. The number of para-hydroxylation sites is 1. The zero-order valence-corrected chi connectivity index (χ0v) is 22.6. The molecule has 1 N–H and O–H groups in total. The van der Waals surface area contributed by atoms with Crippen LogP contribution in [0, 0.1) is 5.82 Å². The van der Waals surface area contributed by atoms with Crippen molar-refractivity contribution < 1.29 is 33.3 Å². The lowest BCUT2D eigenvalue weighted by molar-refractivity contribution is -0.132. The van der Waals surface area contributed by atoms with E-state index >= 15 is 0 Å². The van der Waals surface area contributed by atoms with Crippen LogP contribution in [0.2, 0.25) is 0 Å². The number of Topliss-reactive ketones (excluding diaryl/α,β-unsaturated/α-hetero) is 1. The average molecular weight is 581 g/mol. The van der Waals surface area contributed by atoms with E-state index in [2.05, 4.69) is 4.98 Å². The first-order chi connectivity index (χ1) is 20.5. The fourth-order valence-corrected chi connectivity index (χ4v) is 6.07. The van der Waals surface area contributed by atoms with Crippen molar-refractivity contribution >= 4 is 44.1 Å². The van der Waals surface area contributed by atoms with E-state index in [0.29, 0.717) is 52.0 Å². The molecule has 0 bridgehead atoms. The van der Waals surface area contributed by atoms with Crippen molar-refractivity contribution in [2.24, 2.45) is 0 Å². The maximum atomic E-state index is 14.0. The van der Waals surface area contributed by atoms with Crippen LogP contribution in [0.4, 0.5) is 9.52 Å². The highest BCUT2D eigenvalue weighted by Crippen LogP contribution is 2.45. The summed E-state index contributed by atoms with van der Waals surface area (Å²) in [7, 11) is 0. The highest BCUT2D eigenvalue weighted by molar-refractivity contribution is 7.22. The standard InChI is InChI=1S/C32H21FN2O6S/c33-20-10-11-23-26(17-20)42-32(34-23)35-28(18-5-4-8-22(15-18)41-21-6-2-1-3-7-21)27(30(37)31(35)38)29(36)19-9-12-24-25(16-19)40-14-13-39-24/h1-12,15-17,28,36H,13-14H2/b29-27+. The average Bonchev–Trinajstić information content (AvgIpc) is 3.54. The molecule has 1 atom stereocenters. The van der Waals surface area contributed by atoms with Gasteiger partial charge in [-0.15, -0.1) is 0 Å². The van der Waals surface area contributed by atoms with Crippen LogP contribution in [0.25, 0.3) is 16.0 Å². The van der Waals surface area contributed by atoms with Gasteiger partial charge >= 0.3 is 5.91 Å². The molecule has 5 aromatic rings. The summed E-state index contributed by atoms with van der Waals surface area (Å²) in [6.45, 7) is 0.741. The summed E-state index contributed by atoms with van der Waals surface area (Å²) >= 11 is 1.08. The van der Waals surface area contributed by atoms with Crippen molar-refractivity contribution in [1.82, 2.24) is 4.98 Å². The molecule has 1 amide bonds. The monoisotopic (exact) mass is 580 g/mol. The fraction of sp³-hybridized carbons (Fsp3) is 0.0938. The number of aliphatic hydroxyl groups is 1. The number of fused-ring (bicyclic) bond motifs is 2. The van der Waals surface area contributed by atoms with Crippen LogP contribution in [0.1, 0.15) is 17.2 Å². The van der Waals surface area contributed by atoms with E-state index in [4.69, 9.17) is 14.2 Å². The van der Waals surface area contributed by atoms with Gasteiger partial charge in [0.2, 0.25) is 0 Å². The van der Waals surface area contributed by atoms with E-state index in [0.717, 1.165) is 11.3 Å². The van der Waals surface area contributed by atoms with Crippen LogP contribution in [-0.4, -0.2) is 35.0 Å². The zero-order chi connectivity index (χ0) is 28.8. The number of rotatable bonds is 5. The van der Waals surface area contributed by atoms with Gasteiger partial charge in [0.05, 0.1) is 21.8 Å². The highest BCUT2D eigenvalue weighted by atomic mass is 32.1. The van der Waals surface area contributed by atoms with Gasteiger partial charge in [0.15, 0.2) is 16.6 Å². The Labute approximate surface area is 242 Å². The normalized spacial score (nSPS) is 17.5. The minimum atomic E-state index is -1.05. The Hall–Kier alpha value is -5.22. The molecule has 8 nitrogen and oxygen atoms in total. The van der Waals surface area contributed by atoms with Gasteiger partial charge in [-0.05, 0) is 66.2 Å². The van der Waals surface area contributed by atoms with E-state index in [-0.39, 0.29) is 22.0 Å². The van der Waals surface area contributed by atoms with Crippen LogP contribution in [-0.2, 0) is 9.59 Å². The van der Waals surface area contributed by atoms with Crippen molar-refractivity contribution in [2.75, 3.05) is 18.1 Å². The van der Waals surface area contributed by atoms with E-state index < -0.39 is 23.5 Å². The van der Waals surface area contributed by atoms with Gasteiger partial charge in [-0.25, -0.2) is 9.37 Å². The molecule has 1 saturated heterocycles. The molecule has 42 heavy (non-hydrogen) atoms. The number of aliphatic hydroxyl groups excluding tert-OH is 1. The Morgan fingerprint density at radius 1 is 0.905 bits per heavy atom. The van der Waals surface area contributed by atoms with Crippen molar-refractivity contribution in [1.29, 1.82) is 0 Å². The predicted octanol–water partition coefficient (Wildman–Crippen LogP) is 6.63. The molecule has 2 aliphatic rings. The summed E-state index contributed by atoms with van der Waals surface area (Å²) in [5.41, 5.74) is 1.14. The third-order valence-electron chi connectivity index (χ3n) is 6.96. The number of nitrogens with zero attached hydrogens (tertiary/aromatic N) is 2. The Balaban J connectivity index is 1.39. The molecule has 4 aromatic carbocycles. The van der Waals surface area contributed by atoms with Crippen LogP contribution in [0.15, 0.2) is 96.6 Å². The largest absolute Gasteiger partial charge is 0.507 e. The Morgan fingerprint density at radius 2 is 1.69 bits per heavy atom. The minimum Gasteiger partial charge on any atom is -0.507 e. The van der Waals surface area contributed by atoms with Gasteiger partial charge in [-0.1, -0.05) is 41.7 Å². The summed E-state index contributed by atoms with van der Waals surface area (Å²) in [6.07, 6.45) is 0. The second kappa shape index (κ2) is 10.3. The maximum absolute atomic E-state index is 14.0. The molecular formula is C32H21FN2O6S. The number of thiazole rings is 1. The van der Waals surface area contributed by atoms with E-state index in [1.54, 1.807) is 54.6 Å². The second-order valence-corrected chi connectivity index (χ2v) is 10.6. The first kappa shape index (κ1) is 25.7. The topological polar surface area (TPSA) is 98.2 Å². The molecule has 1 fully saturated rings. The maximum Gasteiger partial charge on any atom is 0.301 e. The first-order valence-corrected chi connectivity index (χ1v) is 13.9. The van der Waals surface area contributed by atoms with Crippen LogP contribution in [0.5, 0.6) is 23.0 Å². The van der Waals surface area contributed by atoms with Crippen molar-refractivity contribution in [3.63, 3.8) is 0 Å². The number of anilines is 1. The second-order valence-electron chi connectivity index (χ2n) is 9.62. The number of halogens is 1. The summed E-state index contributed by atoms with van der Waals surface area (Å²) in [5.74, 6) is -0.562. The first-order valence-electron chi connectivity index (χ1n) is 13.1. The van der Waals surface area contributed by atoms with Gasteiger partial charge in [-0.3, -0.25) is 14.5 Å². The summed E-state index contributed by atoms with van der Waals surface area (Å²) in [6, 6.07) is 24.0. The van der Waals surface area contributed by atoms with Gasteiger partial charge in [-0.2, -0.15) is 0 Å². The van der Waals surface area contributed by atoms with Crippen molar-refractivity contribution in [3.8, 4) is 23.0 Å². The van der Waals surface area contributed by atoms with E-state index in [1.807, 2.05) is 18.2 Å². The lowest BCUT2D eigenvalue weighted by Gasteiger charge is -2.23. The number of ether oxygens (including phenoxy) is 3. The minimum absolute atomic E-state index is 0.126. The molecule has 10 heteroatoms. The van der Waals surface area contributed by atoms with Crippen molar-refractivity contribution in [2.45, 2.75) is 6.04 Å². The molecule has 2 aliphatic heterocycles. The third-order valence-corrected chi connectivity index (χ3v) is 7.98. The van der Waals surface area contributed by atoms with Gasteiger partial charge in [0.25, 0.3) is 5.78 Å². The van der Waals surface area contributed by atoms with Gasteiger partial charge < -0.3 is 19.3 Å². The number of carbonyl (C=O) groups is 2. The Morgan fingerprint density at radius 3 is 2.52 bits per heavy atom. The number of hydrogen-bond acceptors (Lipinski definition) is 8. The smallest absolute Gasteiger partial charge is 0.301 e. The van der Waals surface area contributed by atoms with Gasteiger partial charge in [0, 0.05) is 5.56 Å². The Kier molecular flexibility index (Phi) is 6.32. The number of benzene rings is 4. The highest BCUT2D eigenvalue weighted by Gasteiger charge is 2.48. The number of amides is 1. The van der Waals surface area contributed by atoms with E-state index in [1.165, 1.54) is 23.1 Å². The summed E-state index contributed by atoms with van der Waals surface area (Å²) < 4.78 is 31.8. The molecule has 0 spiro atoms. The number of ketones is 1. The molecule has 0 aliphatic carbocycles. The number of hydrogen-bond donors (Lipinski definition) is 1. The lowest BCUT2D eigenvalue weighted by atomic mass is 9.95. The van der Waals surface area contributed by atoms with Gasteiger partial charge in [0.1, 0.15) is 36.3 Å². The molecule has 208 valence electrons. The zero-order valence-electron chi connectivity index (χ0n) is 21.8. The van der Waals surface area contributed by atoms with Crippen molar-refractivity contribution in [3.05, 3.63) is 114 Å².